The number of hydrogen-bond acceptors (Lipinski definition) is 5. The summed E-state index contributed by atoms with van der Waals surface area (Å²) in [7, 11) is 3.05. The summed E-state index contributed by atoms with van der Waals surface area (Å²) in [6, 6.07) is 15.2. The van der Waals surface area contributed by atoms with Gasteiger partial charge in [-0.25, -0.2) is 4.98 Å². The fraction of sp³-hybridized carbons (Fsp3) is 0.0909. The zero-order valence-corrected chi connectivity index (χ0v) is 17.5. The van der Waals surface area contributed by atoms with E-state index in [4.69, 9.17) is 37.1 Å². The van der Waals surface area contributed by atoms with Gasteiger partial charge in [0.05, 0.1) is 24.8 Å². The van der Waals surface area contributed by atoms with Gasteiger partial charge in [-0.1, -0.05) is 23.2 Å². The van der Waals surface area contributed by atoms with Crippen LogP contribution in [0.5, 0.6) is 11.5 Å². The first-order valence-electron chi connectivity index (χ1n) is 8.87. The monoisotopic (exact) mass is 442 g/mol. The Balaban J connectivity index is 1.63. The molecule has 0 spiro atoms. The first-order chi connectivity index (χ1) is 14.5. The first kappa shape index (κ1) is 20.1. The number of amides is 1. The van der Waals surface area contributed by atoms with Crippen molar-refractivity contribution in [2.75, 3.05) is 19.5 Å². The third kappa shape index (κ3) is 4.06. The molecule has 8 heteroatoms. The van der Waals surface area contributed by atoms with Gasteiger partial charge in [0.1, 0.15) is 17.0 Å². The number of rotatable bonds is 5. The van der Waals surface area contributed by atoms with Gasteiger partial charge in [0.25, 0.3) is 5.91 Å². The second-order valence-electron chi connectivity index (χ2n) is 6.38. The summed E-state index contributed by atoms with van der Waals surface area (Å²) in [6.07, 6.45) is 0. The average molecular weight is 443 g/mol. The van der Waals surface area contributed by atoms with Crippen LogP contribution in [0.25, 0.3) is 22.6 Å². The summed E-state index contributed by atoms with van der Waals surface area (Å²) in [6.45, 7) is 0. The minimum absolute atomic E-state index is 0.312. The maximum atomic E-state index is 12.7. The van der Waals surface area contributed by atoms with Gasteiger partial charge in [0.2, 0.25) is 5.89 Å². The van der Waals surface area contributed by atoms with E-state index in [-0.39, 0.29) is 5.91 Å². The smallest absolute Gasteiger partial charge is 0.255 e. The number of aromatic nitrogens is 1. The molecular formula is C22H16Cl2N2O4. The number of benzene rings is 3. The van der Waals surface area contributed by atoms with Crippen LogP contribution in [0.1, 0.15) is 10.4 Å². The van der Waals surface area contributed by atoms with E-state index < -0.39 is 0 Å². The van der Waals surface area contributed by atoms with Crippen LogP contribution in [0.15, 0.2) is 59.0 Å². The Morgan fingerprint density at radius 3 is 2.40 bits per heavy atom. The van der Waals surface area contributed by atoms with Gasteiger partial charge in [-0.15, -0.1) is 0 Å². The molecule has 0 fully saturated rings. The van der Waals surface area contributed by atoms with E-state index in [2.05, 4.69) is 10.3 Å². The van der Waals surface area contributed by atoms with E-state index in [0.29, 0.717) is 55.3 Å². The van der Waals surface area contributed by atoms with Crippen LogP contribution in [0, 0.1) is 0 Å². The van der Waals surface area contributed by atoms with Crippen molar-refractivity contribution in [2.24, 2.45) is 0 Å². The number of oxazole rings is 1. The van der Waals surface area contributed by atoms with E-state index in [1.54, 1.807) is 54.6 Å². The number of carbonyl (C=O) groups is 1. The molecule has 3 aromatic carbocycles. The summed E-state index contributed by atoms with van der Waals surface area (Å²) in [5.41, 5.74) is 2.68. The van der Waals surface area contributed by atoms with Crippen molar-refractivity contribution in [3.63, 3.8) is 0 Å². The van der Waals surface area contributed by atoms with Gasteiger partial charge < -0.3 is 19.2 Å². The van der Waals surface area contributed by atoms with Crippen LogP contribution < -0.4 is 14.8 Å². The Labute approximate surface area is 182 Å². The maximum absolute atomic E-state index is 12.7. The predicted molar refractivity (Wildman–Crippen MR) is 117 cm³/mol. The molecule has 0 aliphatic rings. The zero-order valence-electron chi connectivity index (χ0n) is 16.0. The summed E-state index contributed by atoms with van der Waals surface area (Å²) in [4.78, 5) is 17.2. The molecule has 0 bridgehead atoms. The summed E-state index contributed by atoms with van der Waals surface area (Å²) in [5, 5.41) is 3.85. The number of carbonyl (C=O) groups excluding carboxylic acids is 1. The normalized spacial score (nSPS) is 10.8. The number of fused-ring (bicyclic) bond motifs is 1. The van der Waals surface area contributed by atoms with Crippen LogP contribution in [-0.4, -0.2) is 25.1 Å². The van der Waals surface area contributed by atoms with Crippen molar-refractivity contribution in [1.82, 2.24) is 4.98 Å². The molecule has 0 aliphatic heterocycles. The van der Waals surface area contributed by atoms with Gasteiger partial charge in [-0.2, -0.15) is 0 Å². The topological polar surface area (TPSA) is 73.6 Å². The largest absolute Gasteiger partial charge is 0.497 e. The molecule has 152 valence electrons. The van der Waals surface area contributed by atoms with E-state index >= 15 is 0 Å². The molecule has 0 saturated heterocycles. The van der Waals surface area contributed by atoms with E-state index in [1.807, 2.05) is 0 Å². The van der Waals surface area contributed by atoms with Gasteiger partial charge in [0, 0.05) is 22.3 Å². The molecule has 1 amide bonds. The highest BCUT2D eigenvalue weighted by molar-refractivity contribution is 6.35. The van der Waals surface area contributed by atoms with Crippen LogP contribution in [-0.2, 0) is 0 Å². The number of anilines is 1. The number of nitrogens with zero attached hydrogens (tertiary/aromatic N) is 1. The minimum Gasteiger partial charge on any atom is -0.497 e. The zero-order chi connectivity index (χ0) is 21.3. The van der Waals surface area contributed by atoms with Gasteiger partial charge >= 0.3 is 0 Å². The lowest BCUT2D eigenvalue weighted by Crippen LogP contribution is -2.12. The highest BCUT2D eigenvalue weighted by Crippen LogP contribution is 2.33. The van der Waals surface area contributed by atoms with Crippen LogP contribution in [0.2, 0.25) is 10.0 Å². The molecule has 1 N–H and O–H groups in total. The Morgan fingerprint density at radius 2 is 1.70 bits per heavy atom. The Kier molecular flexibility index (Phi) is 5.53. The molecule has 0 radical (unpaired) electrons. The van der Waals surface area contributed by atoms with Crippen molar-refractivity contribution in [3.05, 3.63) is 70.2 Å². The fourth-order valence-corrected chi connectivity index (χ4v) is 3.29. The molecule has 1 aromatic heterocycles. The highest BCUT2D eigenvalue weighted by Gasteiger charge is 2.14. The Morgan fingerprint density at radius 1 is 0.967 bits per heavy atom. The second kappa shape index (κ2) is 8.26. The van der Waals surface area contributed by atoms with E-state index in [9.17, 15) is 4.79 Å². The molecule has 0 unspecified atom stereocenters. The number of hydrogen-bond donors (Lipinski definition) is 1. The lowest BCUT2D eigenvalue weighted by molar-refractivity contribution is 0.102. The van der Waals surface area contributed by atoms with Gasteiger partial charge in [-0.3, -0.25) is 4.79 Å². The van der Waals surface area contributed by atoms with E-state index in [1.165, 1.54) is 14.2 Å². The van der Waals surface area contributed by atoms with Crippen LogP contribution in [0.4, 0.5) is 5.69 Å². The summed E-state index contributed by atoms with van der Waals surface area (Å²) in [5.74, 6) is 1.08. The third-order valence-electron chi connectivity index (χ3n) is 4.42. The lowest BCUT2D eigenvalue weighted by Gasteiger charge is -2.09. The molecule has 0 saturated carbocycles. The number of ether oxygens (including phenoxy) is 2. The summed E-state index contributed by atoms with van der Waals surface area (Å²) >= 11 is 12.3. The van der Waals surface area contributed by atoms with Crippen molar-refractivity contribution < 1.29 is 18.7 Å². The SMILES string of the molecule is COc1cc(OC)cc(C(=O)Nc2ccc3oc(-c4cc(Cl)ccc4Cl)nc3c2)c1. The summed E-state index contributed by atoms with van der Waals surface area (Å²) < 4.78 is 16.2. The average Bonchev–Trinajstić information content (AvgIpc) is 3.18. The van der Waals surface area contributed by atoms with E-state index in [0.717, 1.165) is 0 Å². The van der Waals surface area contributed by atoms with Gasteiger partial charge in [-0.05, 0) is 48.5 Å². The Bertz CT molecular complexity index is 1230. The molecular weight excluding hydrogens is 427 g/mol. The molecule has 4 rings (SSSR count). The third-order valence-corrected chi connectivity index (χ3v) is 4.98. The molecule has 0 aliphatic carbocycles. The van der Waals surface area contributed by atoms with Crippen molar-refractivity contribution in [1.29, 1.82) is 0 Å². The minimum atomic E-state index is -0.312. The lowest BCUT2D eigenvalue weighted by atomic mass is 10.1. The number of halogens is 2. The van der Waals surface area contributed by atoms with Crippen molar-refractivity contribution in [2.45, 2.75) is 0 Å². The van der Waals surface area contributed by atoms with Crippen molar-refractivity contribution in [3.8, 4) is 23.0 Å². The predicted octanol–water partition coefficient (Wildman–Crippen LogP) is 6.07. The Hall–Kier alpha value is -3.22. The second-order valence-corrected chi connectivity index (χ2v) is 7.22. The quantitative estimate of drug-likeness (QED) is 0.405. The van der Waals surface area contributed by atoms with Gasteiger partial charge in [0.15, 0.2) is 5.58 Å². The molecule has 0 atom stereocenters. The van der Waals surface area contributed by atoms with Crippen LogP contribution in [0.3, 0.4) is 0 Å². The molecule has 6 nitrogen and oxygen atoms in total. The molecule has 30 heavy (non-hydrogen) atoms. The van der Waals surface area contributed by atoms with Crippen LogP contribution >= 0.6 is 23.2 Å². The standard InChI is InChI=1S/C22H16Cl2N2O4/c1-28-15-7-12(8-16(11-15)29-2)21(27)25-14-4-6-20-19(10-14)26-22(30-20)17-9-13(23)3-5-18(17)24/h3-11H,1-2H3,(H,25,27). The fourth-order valence-electron chi connectivity index (χ4n) is 2.92. The maximum Gasteiger partial charge on any atom is 0.255 e. The van der Waals surface area contributed by atoms with Crippen molar-refractivity contribution >= 4 is 45.9 Å². The molecule has 1 heterocycles. The molecule has 4 aromatic rings. The number of methoxy groups -OCH3 is 2. The number of nitrogens with one attached hydrogen (secondary N) is 1. The highest BCUT2D eigenvalue weighted by atomic mass is 35.5. The first-order valence-corrected chi connectivity index (χ1v) is 9.63.